The monoisotopic (exact) mass is 160 g/mol. The first-order valence-corrected chi connectivity index (χ1v) is 4.84. The second-order valence-electron chi connectivity index (χ2n) is 4.12. The summed E-state index contributed by atoms with van der Waals surface area (Å²) in [4.78, 5) is 0. The van der Waals surface area contributed by atoms with Gasteiger partial charge in [-0.15, -0.1) is 0 Å². The molecular formula is C12H16. The van der Waals surface area contributed by atoms with Crippen molar-refractivity contribution in [1.82, 2.24) is 0 Å². The molecule has 0 bridgehead atoms. The second kappa shape index (κ2) is 2.93. The Labute approximate surface area is 74.6 Å². The summed E-state index contributed by atoms with van der Waals surface area (Å²) in [6, 6.07) is 6.89. The number of benzene rings is 1. The highest BCUT2D eigenvalue weighted by atomic mass is 14.2. The van der Waals surface area contributed by atoms with Gasteiger partial charge in [0, 0.05) is 0 Å². The molecule has 1 aromatic rings. The molecule has 2 rings (SSSR count). The van der Waals surface area contributed by atoms with E-state index in [1.807, 2.05) is 0 Å². The molecule has 0 radical (unpaired) electrons. The first-order valence-electron chi connectivity index (χ1n) is 4.84. The lowest BCUT2D eigenvalue weighted by molar-refractivity contribution is 0.501. The summed E-state index contributed by atoms with van der Waals surface area (Å²) in [7, 11) is 0. The van der Waals surface area contributed by atoms with Gasteiger partial charge >= 0.3 is 0 Å². The molecule has 1 aliphatic carbocycles. The Morgan fingerprint density at radius 1 is 1.25 bits per heavy atom. The SMILES string of the molecule is Cc1ccc2c(c1)CC(C)CC2. The van der Waals surface area contributed by atoms with Crippen LogP contribution in [0.15, 0.2) is 18.2 Å². The number of fused-ring (bicyclic) bond motifs is 1. The van der Waals surface area contributed by atoms with E-state index in [0.29, 0.717) is 0 Å². The molecule has 12 heavy (non-hydrogen) atoms. The van der Waals surface area contributed by atoms with E-state index in [9.17, 15) is 0 Å². The lowest BCUT2D eigenvalue weighted by atomic mass is 9.84. The number of aryl methyl sites for hydroxylation is 2. The molecule has 64 valence electrons. The Bertz CT molecular complexity index is 286. The topological polar surface area (TPSA) is 0 Å². The van der Waals surface area contributed by atoms with E-state index in [1.54, 1.807) is 11.1 Å². The maximum atomic E-state index is 2.35. The standard InChI is InChI=1S/C12H16/c1-9-3-5-11-6-4-10(2)8-12(11)7-9/h3,5,7,10H,4,6,8H2,1-2H3. The van der Waals surface area contributed by atoms with Gasteiger partial charge in [-0.25, -0.2) is 0 Å². The van der Waals surface area contributed by atoms with Crippen LogP contribution in [0.25, 0.3) is 0 Å². The third-order valence-electron chi connectivity index (χ3n) is 2.84. The van der Waals surface area contributed by atoms with Crippen molar-refractivity contribution in [3.05, 3.63) is 34.9 Å². The molecular weight excluding hydrogens is 144 g/mol. The van der Waals surface area contributed by atoms with Gasteiger partial charge in [0.1, 0.15) is 0 Å². The lowest BCUT2D eigenvalue weighted by Crippen LogP contribution is -2.11. The second-order valence-corrected chi connectivity index (χ2v) is 4.12. The number of rotatable bonds is 0. The van der Waals surface area contributed by atoms with Crippen molar-refractivity contribution < 1.29 is 0 Å². The van der Waals surface area contributed by atoms with Gasteiger partial charge in [-0.1, -0.05) is 30.7 Å². The van der Waals surface area contributed by atoms with Crippen LogP contribution in [-0.4, -0.2) is 0 Å². The van der Waals surface area contributed by atoms with Gasteiger partial charge in [-0.05, 0) is 43.2 Å². The third kappa shape index (κ3) is 1.38. The Balaban J connectivity index is 2.37. The molecule has 0 amide bonds. The highest BCUT2D eigenvalue weighted by molar-refractivity contribution is 5.33. The zero-order valence-electron chi connectivity index (χ0n) is 7.93. The maximum Gasteiger partial charge on any atom is -0.0250 e. The smallest absolute Gasteiger partial charge is 0.0250 e. The average molecular weight is 160 g/mol. The fourth-order valence-electron chi connectivity index (χ4n) is 2.07. The summed E-state index contributed by atoms with van der Waals surface area (Å²) < 4.78 is 0. The van der Waals surface area contributed by atoms with E-state index in [4.69, 9.17) is 0 Å². The van der Waals surface area contributed by atoms with E-state index in [-0.39, 0.29) is 0 Å². The summed E-state index contributed by atoms with van der Waals surface area (Å²) in [5, 5.41) is 0. The number of hydrogen-bond acceptors (Lipinski definition) is 0. The van der Waals surface area contributed by atoms with Gasteiger partial charge in [0.05, 0.1) is 0 Å². The lowest BCUT2D eigenvalue weighted by Gasteiger charge is -2.21. The summed E-state index contributed by atoms with van der Waals surface area (Å²) in [6.07, 6.45) is 3.95. The van der Waals surface area contributed by atoms with Crippen molar-refractivity contribution in [1.29, 1.82) is 0 Å². The first-order chi connectivity index (χ1) is 5.75. The van der Waals surface area contributed by atoms with Crippen LogP contribution in [0.4, 0.5) is 0 Å². The molecule has 0 saturated heterocycles. The highest BCUT2D eigenvalue weighted by Gasteiger charge is 2.14. The van der Waals surface area contributed by atoms with Crippen LogP contribution in [0.5, 0.6) is 0 Å². The van der Waals surface area contributed by atoms with E-state index < -0.39 is 0 Å². The molecule has 0 fully saturated rings. The van der Waals surface area contributed by atoms with Crippen molar-refractivity contribution in [3.8, 4) is 0 Å². The molecule has 1 unspecified atom stereocenters. The molecule has 0 heterocycles. The third-order valence-corrected chi connectivity index (χ3v) is 2.84. The fraction of sp³-hybridized carbons (Fsp3) is 0.500. The van der Waals surface area contributed by atoms with Gasteiger partial charge in [0.2, 0.25) is 0 Å². The van der Waals surface area contributed by atoms with E-state index in [0.717, 1.165) is 5.92 Å². The highest BCUT2D eigenvalue weighted by Crippen LogP contribution is 2.25. The van der Waals surface area contributed by atoms with Gasteiger partial charge in [-0.3, -0.25) is 0 Å². The van der Waals surface area contributed by atoms with Crippen molar-refractivity contribution in [2.45, 2.75) is 33.1 Å². The van der Waals surface area contributed by atoms with Crippen LogP contribution in [0, 0.1) is 12.8 Å². The molecule has 1 aliphatic rings. The Morgan fingerprint density at radius 2 is 2.08 bits per heavy atom. The fourth-order valence-corrected chi connectivity index (χ4v) is 2.07. The van der Waals surface area contributed by atoms with Crippen LogP contribution in [0.2, 0.25) is 0 Å². The minimum Gasteiger partial charge on any atom is -0.0622 e. The molecule has 1 atom stereocenters. The normalized spacial score (nSPS) is 22.0. The Hall–Kier alpha value is -0.780. The zero-order valence-corrected chi connectivity index (χ0v) is 7.93. The van der Waals surface area contributed by atoms with Gasteiger partial charge in [0.15, 0.2) is 0 Å². The molecule has 0 aliphatic heterocycles. The predicted octanol–water partition coefficient (Wildman–Crippen LogP) is 3.12. The van der Waals surface area contributed by atoms with Crippen LogP contribution in [-0.2, 0) is 12.8 Å². The van der Waals surface area contributed by atoms with E-state index >= 15 is 0 Å². The van der Waals surface area contributed by atoms with Crippen molar-refractivity contribution in [3.63, 3.8) is 0 Å². The maximum absolute atomic E-state index is 2.35. The molecule has 0 nitrogen and oxygen atoms in total. The minimum absolute atomic E-state index is 0.888. The van der Waals surface area contributed by atoms with Crippen molar-refractivity contribution >= 4 is 0 Å². The van der Waals surface area contributed by atoms with Crippen molar-refractivity contribution in [2.75, 3.05) is 0 Å². The summed E-state index contributed by atoms with van der Waals surface area (Å²) >= 11 is 0. The van der Waals surface area contributed by atoms with Gasteiger partial charge in [0.25, 0.3) is 0 Å². The molecule has 1 aromatic carbocycles. The summed E-state index contributed by atoms with van der Waals surface area (Å²) in [5.41, 5.74) is 4.58. The van der Waals surface area contributed by atoms with Crippen LogP contribution in [0.1, 0.15) is 30.0 Å². The van der Waals surface area contributed by atoms with Gasteiger partial charge in [-0.2, -0.15) is 0 Å². The predicted molar refractivity (Wildman–Crippen MR) is 52.4 cm³/mol. The minimum atomic E-state index is 0.888. The molecule has 0 heteroatoms. The molecule has 0 aromatic heterocycles. The van der Waals surface area contributed by atoms with E-state index in [1.165, 1.54) is 24.8 Å². The number of hydrogen-bond donors (Lipinski definition) is 0. The summed E-state index contributed by atoms with van der Waals surface area (Å²) in [5.74, 6) is 0.888. The Morgan fingerprint density at radius 3 is 2.92 bits per heavy atom. The largest absolute Gasteiger partial charge is 0.0622 e. The van der Waals surface area contributed by atoms with E-state index in [2.05, 4.69) is 32.0 Å². The van der Waals surface area contributed by atoms with Crippen molar-refractivity contribution in [2.24, 2.45) is 5.92 Å². The molecule has 0 saturated carbocycles. The summed E-state index contributed by atoms with van der Waals surface area (Å²) in [6.45, 7) is 4.53. The quantitative estimate of drug-likeness (QED) is 0.547. The Kier molecular flexibility index (Phi) is 1.92. The molecule has 0 spiro atoms. The zero-order chi connectivity index (χ0) is 8.55. The first kappa shape index (κ1) is 7.85. The van der Waals surface area contributed by atoms with Gasteiger partial charge < -0.3 is 0 Å². The van der Waals surface area contributed by atoms with Crippen LogP contribution in [0.3, 0.4) is 0 Å². The molecule has 0 N–H and O–H groups in total. The van der Waals surface area contributed by atoms with Crippen LogP contribution < -0.4 is 0 Å². The average Bonchev–Trinajstić information content (AvgIpc) is 2.03. The van der Waals surface area contributed by atoms with Crippen LogP contribution >= 0.6 is 0 Å².